The van der Waals surface area contributed by atoms with Gasteiger partial charge in [-0.2, -0.15) is 0 Å². The van der Waals surface area contributed by atoms with Crippen LogP contribution in [-0.2, 0) is 10.3 Å². The summed E-state index contributed by atoms with van der Waals surface area (Å²) in [5, 5.41) is 3.49. The third kappa shape index (κ3) is 2.51. The molecule has 4 saturated carbocycles. The minimum Gasteiger partial charge on any atom is -0.369 e. The first kappa shape index (κ1) is 17.8. The van der Waals surface area contributed by atoms with Gasteiger partial charge in [0, 0.05) is 24.5 Å². The minimum atomic E-state index is -0.0483. The molecule has 0 radical (unpaired) electrons. The van der Waals surface area contributed by atoms with Crippen LogP contribution in [-0.4, -0.2) is 20.2 Å². The average Bonchev–Trinajstić information content (AvgIpc) is 3.00. The lowest BCUT2D eigenvalue weighted by molar-refractivity contribution is -0.206. The van der Waals surface area contributed by atoms with Crippen molar-refractivity contribution in [3.63, 3.8) is 0 Å². The lowest BCUT2D eigenvalue weighted by atomic mass is 9.43. The van der Waals surface area contributed by atoms with E-state index < -0.39 is 0 Å². The first-order valence-electron chi connectivity index (χ1n) is 10.1. The number of hydrogen-bond donors (Lipinski definition) is 1. The summed E-state index contributed by atoms with van der Waals surface area (Å²) in [6.07, 6.45) is 9.94. The normalized spacial score (nSPS) is 44.7. The highest BCUT2D eigenvalue weighted by Crippen LogP contribution is 2.69. The van der Waals surface area contributed by atoms with E-state index in [-0.39, 0.29) is 18.0 Å². The van der Waals surface area contributed by atoms with E-state index >= 15 is 0 Å². The van der Waals surface area contributed by atoms with Gasteiger partial charge in [-0.25, -0.2) is 0 Å². The summed E-state index contributed by atoms with van der Waals surface area (Å²) in [5.41, 5.74) is 1.80. The number of halogens is 1. The average molecular weight is 362 g/mol. The number of rotatable bonds is 4. The predicted molar refractivity (Wildman–Crippen MR) is 104 cm³/mol. The Kier molecular flexibility index (Phi) is 4.67. The van der Waals surface area contributed by atoms with Gasteiger partial charge in [0.25, 0.3) is 0 Å². The second-order valence-electron chi connectivity index (χ2n) is 9.19. The molecule has 4 aliphatic carbocycles. The van der Waals surface area contributed by atoms with Crippen molar-refractivity contribution in [2.75, 3.05) is 20.2 Å². The monoisotopic (exact) mass is 361 g/mol. The molecule has 2 nitrogen and oxygen atoms in total. The first-order valence-corrected chi connectivity index (χ1v) is 10.1. The van der Waals surface area contributed by atoms with Crippen LogP contribution in [0.4, 0.5) is 0 Å². The van der Waals surface area contributed by atoms with Gasteiger partial charge in [0.05, 0.1) is 0 Å². The highest BCUT2D eigenvalue weighted by atomic mass is 35.5. The fourth-order valence-corrected chi connectivity index (χ4v) is 7.64. The molecule has 5 aliphatic rings. The Morgan fingerprint density at radius 1 is 1.00 bits per heavy atom. The Morgan fingerprint density at radius 2 is 1.60 bits per heavy atom. The van der Waals surface area contributed by atoms with Crippen molar-refractivity contribution in [2.24, 2.45) is 29.1 Å². The predicted octanol–water partition coefficient (Wildman–Crippen LogP) is 4.78. The summed E-state index contributed by atoms with van der Waals surface area (Å²) in [6, 6.07) is 11.3. The molecule has 0 aromatic heterocycles. The fourth-order valence-electron chi connectivity index (χ4n) is 7.64. The molecule has 0 spiro atoms. The summed E-state index contributed by atoms with van der Waals surface area (Å²) in [4.78, 5) is 0. The maximum Gasteiger partial charge on any atom is 0.103 e. The zero-order valence-electron chi connectivity index (χ0n) is 15.4. The summed E-state index contributed by atoms with van der Waals surface area (Å²) < 4.78 is 6.84. The maximum atomic E-state index is 6.84. The summed E-state index contributed by atoms with van der Waals surface area (Å²) in [6.45, 7) is 2.01. The molecule has 1 aliphatic heterocycles. The van der Waals surface area contributed by atoms with Crippen molar-refractivity contribution in [1.82, 2.24) is 5.32 Å². The number of benzene rings is 1. The Balaban J connectivity index is 0.00000157. The second-order valence-corrected chi connectivity index (χ2v) is 9.19. The molecule has 0 amide bonds. The second kappa shape index (κ2) is 6.55. The molecule has 5 fully saturated rings. The van der Waals surface area contributed by atoms with Crippen molar-refractivity contribution in [2.45, 2.75) is 50.5 Å². The van der Waals surface area contributed by atoms with Gasteiger partial charge in [-0.05, 0) is 75.3 Å². The largest absolute Gasteiger partial charge is 0.369 e. The number of ether oxygens (including phenoxy) is 1. The van der Waals surface area contributed by atoms with E-state index in [2.05, 4.69) is 42.7 Å². The summed E-state index contributed by atoms with van der Waals surface area (Å²) >= 11 is 0. The molecule has 1 aromatic carbocycles. The van der Waals surface area contributed by atoms with Gasteiger partial charge in [-0.15, -0.1) is 12.4 Å². The first-order chi connectivity index (χ1) is 11.8. The van der Waals surface area contributed by atoms with Crippen LogP contribution in [0, 0.1) is 29.1 Å². The van der Waals surface area contributed by atoms with Crippen LogP contribution in [0.5, 0.6) is 0 Å². The van der Waals surface area contributed by atoms with Crippen molar-refractivity contribution in [3.8, 4) is 0 Å². The van der Waals surface area contributed by atoms with E-state index in [0.29, 0.717) is 11.3 Å². The molecular formula is C22H32ClNO. The van der Waals surface area contributed by atoms with Crippen LogP contribution < -0.4 is 5.32 Å². The van der Waals surface area contributed by atoms with Gasteiger partial charge in [0.15, 0.2) is 0 Å². The molecule has 3 heteroatoms. The van der Waals surface area contributed by atoms with Crippen LogP contribution in [0.2, 0.25) is 0 Å². The van der Waals surface area contributed by atoms with E-state index in [0.717, 1.165) is 30.9 Å². The van der Waals surface area contributed by atoms with Crippen LogP contribution in [0.3, 0.4) is 0 Å². The van der Waals surface area contributed by atoms with Crippen LogP contribution >= 0.6 is 12.4 Å². The Labute approximate surface area is 158 Å². The van der Waals surface area contributed by atoms with Gasteiger partial charge in [-0.1, -0.05) is 30.3 Å². The molecule has 4 bridgehead atoms. The van der Waals surface area contributed by atoms with Gasteiger partial charge in [0.1, 0.15) is 5.60 Å². The number of nitrogens with one attached hydrogen (secondary N) is 1. The molecule has 6 rings (SSSR count). The van der Waals surface area contributed by atoms with Crippen molar-refractivity contribution in [1.29, 1.82) is 0 Å². The van der Waals surface area contributed by atoms with E-state index in [4.69, 9.17) is 4.74 Å². The molecule has 25 heavy (non-hydrogen) atoms. The molecule has 138 valence electrons. The van der Waals surface area contributed by atoms with Crippen LogP contribution in [0.1, 0.15) is 50.5 Å². The van der Waals surface area contributed by atoms with E-state index in [1.807, 2.05) is 0 Å². The summed E-state index contributed by atoms with van der Waals surface area (Å²) in [7, 11) is 2.10. The topological polar surface area (TPSA) is 21.3 Å². The van der Waals surface area contributed by atoms with Gasteiger partial charge >= 0.3 is 0 Å². The third-order valence-electron chi connectivity index (χ3n) is 7.85. The fraction of sp³-hybridized carbons (Fsp3) is 0.727. The van der Waals surface area contributed by atoms with Crippen molar-refractivity contribution in [3.05, 3.63) is 35.9 Å². The lowest BCUT2D eigenvalue weighted by Crippen LogP contribution is -2.59. The minimum absolute atomic E-state index is 0. The number of hydrogen-bond acceptors (Lipinski definition) is 2. The molecule has 2 atom stereocenters. The quantitative estimate of drug-likeness (QED) is 0.833. The van der Waals surface area contributed by atoms with Gasteiger partial charge in [0.2, 0.25) is 0 Å². The molecule has 1 aromatic rings. The molecule has 2 unspecified atom stereocenters. The van der Waals surface area contributed by atoms with Crippen molar-refractivity contribution < 1.29 is 4.74 Å². The summed E-state index contributed by atoms with van der Waals surface area (Å²) in [5.74, 6) is 3.52. The zero-order valence-corrected chi connectivity index (χ0v) is 16.2. The van der Waals surface area contributed by atoms with Crippen LogP contribution in [0.25, 0.3) is 0 Å². The SMILES string of the molecule is CNCC1CCOC1(c1ccccc1)C12CC3CC(CC(C3)C1)C2.Cl. The Hall–Kier alpha value is -0.570. The van der Waals surface area contributed by atoms with Gasteiger partial charge in [-0.3, -0.25) is 0 Å². The van der Waals surface area contributed by atoms with E-state index in [1.165, 1.54) is 50.5 Å². The standard InChI is InChI=1S/C22H31NO.ClH/c1-23-15-20-7-8-24-22(20,19-5-3-2-4-6-19)21-12-16-9-17(13-21)11-18(10-16)14-21;/h2-6,16-18,20,23H,7-15H2,1H3;1H. The molecule has 1 heterocycles. The molecule has 1 N–H and O–H groups in total. The smallest absolute Gasteiger partial charge is 0.103 e. The Morgan fingerprint density at radius 3 is 2.16 bits per heavy atom. The van der Waals surface area contributed by atoms with Crippen molar-refractivity contribution >= 4 is 12.4 Å². The molecular weight excluding hydrogens is 330 g/mol. The highest BCUT2D eigenvalue weighted by Gasteiger charge is 2.65. The van der Waals surface area contributed by atoms with Gasteiger partial charge < -0.3 is 10.1 Å². The van der Waals surface area contributed by atoms with Crippen LogP contribution in [0.15, 0.2) is 30.3 Å². The lowest BCUT2D eigenvalue weighted by Gasteiger charge is -2.64. The molecule has 1 saturated heterocycles. The zero-order chi connectivity index (χ0) is 16.2. The highest BCUT2D eigenvalue weighted by molar-refractivity contribution is 5.85. The van der Waals surface area contributed by atoms with E-state index in [9.17, 15) is 0 Å². The maximum absolute atomic E-state index is 6.84. The third-order valence-corrected chi connectivity index (χ3v) is 7.85. The van der Waals surface area contributed by atoms with E-state index in [1.54, 1.807) is 0 Å². The Bertz CT molecular complexity index is 568.